The smallest absolute Gasteiger partial charge is 0.222 e. The van der Waals surface area contributed by atoms with E-state index in [-0.39, 0.29) is 0 Å². The first-order valence-corrected chi connectivity index (χ1v) is 10.7. The molecule has 0 atom stereocenters. The monoisotopic (exact) mass is 372 g/mol. The van der Waals surface area contributed by atoms with Crippen LogP contribution in [0.1, 0.15) is 42.7 Å². The third kappa shape index (κ3) is 2.18. The minimum atomic E-state index is 0.736. The molecular formula is C24H22NOS+. The maximum absolute atomic E-state index is 5.74. The van der Waals surface area contributed by atoms with Crippen molar-refractivity contribution in [3.63, 3.8) is 0 Å². The van der Waals surface area contributed by atoms with E-state index in [4.69, 9.17) is 4.42 Å². The molecule has 1 saturated carbocycles. The topological polar surface area (TPSA) is 17.0 Å². The second-order valence-electron chi connectivity index (χ2n) is 8.05. The normalized spacial score (nSPS) is 16.4. The molecule has 1 fully saturated rings. The summed E-state index contributed by atoms with van der Waals surface area (Å²) in [5, 5.41) is 4.01. The number of furan rings is 1. The average Bonchev–Trinajstić information content (AvgIpc) is 3.35. The van der Waals surface area contributed by atoms with Crippen LogP contribution in [0.2, 0.25) is 0 Å². The number of pyridine rings is 1. The van der Waals surface area contributed by atoms with Gasteiger partial charge >= 0.3 is 0 Å². The van der Waals surface area contributed by atoms with Gasteiger partial charge in [0.2, 0.25) is 5.69 Å². The van der Waals surface area contributed by atoms with Gasteiger partial charge in [-0.15, -0.1) is 0 Å². The first-order valence-electron chi connectivity index (χ1n) is 9.86. The van der Waals surface area contributed by atoms with Gasteiger partial charge in [0.1, 0.15) is 12.6 Å². The van der Waals surface area contributed by atoms with Crippen molar-refractivity contribution in [2.45, 2.75) is 48.3 Å². The van der Waals surface area contributed by atoms with Crippen molar-refractivity contribution in [2.24, 2.45) is 7.05 Å². The molecule has 0 radical (unpaired) electrons. The lowest BCUT2D eigenvalue weighted by atomic mass is 9.92. The SMILES string of the molecule is Cc1c2c(cc3occc13)Sc1cc(C3CCCC3)cc3cc[n+](C)c-2c13. The molecule has 2 aromatic heterocycles. The predicted molar refractivity (Wildman–Crippen MR) is 110 cm³/mol. The summed E-state index contributed by atoms with van der Waals surface area (Å²) < 4.78 is 8.03. The van der Waals surface area contributed by atoms with Gasteiger partial charge in [0.05, 0.1) is 17.2 Å². The van der Waals surface area contributed by atoms with E-state index in [0.29, 0.717) is 0 Å². The quantitative estimate of drug-likeness (QED) is 0.312. The first kappa shape index (κ1) is 15.8. The number of rotatable bonds is 1. The molecule has 4 aromatic rings. The highest BCUT2D eigenvalue weighted by Crippen LogP contribution is 2.50. The Balaban J connectivity index is 1.69. The van der Waals surface area contributed by atoms with E-state index in [2.05, 4.69) is 55.1 Å². The van der Waals surface area contributed by atoms with Crippen molar-refractivity contribution in [3.05, 3.63) is 53.9 Å². The molecule has 0 spiro atoms. The van der Waals surface area contributed by atoms with Gasteiger partial charge in [-0.05, 0) is 60.4 Å². The third-order valence-corrected chi connectivity index (χ3v) is 7.57. The average molecular weight is 373 g/mol. The molecule has 3 heteroatoms. The summed E-state index contributed by atoms with van der Waals surface area (Å²) in [6, 6.07) is 11.5. The van der Waals surface area contributed by atoms with Gasteiger partial charge < -0.3 is 4.42 Å². The Morgan fingerprint density at radius 1 is 1.07 bits per heavy atom. The van der Waals surface area contributed by atoms with Crippen LogP contribution in [0.25, 0.3) is 33.0 Å². The molecular weight excluding hydrogens is 350 g/mol. The molecule has 1 aliphatic heterocycles. The van der Waals surface area contributed by atoms with Gasteiger partial charge in [0.25, 0.3) is 0 Å². The Bertz CT molecular complexity index is 1230. The third-order valence-electron chi connectivity index (χ3n) is 6.49. The van der Waals surface area contributed by atoms with Crippen molar-refractivity contribution in [1.82, 2.24) is 0 Å². The summed E-state index contributed by atoms with van der Waals surface area (Å²) in [5.41, 5.74) is 6.54. The van der Waals surface area contributed by atoms with Gasteiger partial charge in [0.15, 0.2) is 6.20 Å². The number of benzene rings is 2. The van der Waals surface area contributed by atoms with Crippen molar-refractivity contribution in [2.75, 3.05) is 0 Å². The molecule has 27 heavy (non-hydrogen) atoms. The summed E-state index contributed by atoms with van der Waals surface area (Å²) >= 11 is 1.92. The van der Waals surface area contributed by atoms with E-state index >= 15 is 0 Å². The Kier molecular flexibility index (Phi) is 3.28. The van der Waals surface area contributed by atoms with Crippen LogP contribution in [-0.4, -0.2) is 0 Å². The Hall–Kier alpha value is -2.26. The lowest BCUT2D eigenvalue weighted by molar-refractivity contribution is -0.659. The molecule has 134 valence electrons. The highest BCUT2D eigenvalue weighted by molar-refractivity contribution is 7.99. The van der Waals surface area contributed by atoms with Crippen LogP contribution in [0.3, 0.4) is 0 Å². The van der Waals surface area contributed by atoms with Crippen molar-refractivity contribution in [1.29, 1.82) is 0 Å². The van der Waals surface area contributed by atoms with Crippen molar-refractivity contribution >= 4 is 33.5 Å². The molecule has 0 saturated heterocycles. The van der Waals surface area contributed by atoms with Gasteiger partial charge in [-0.2, -0.15) is 0 Å². The van der Waals surface area contributed by atoms with E-state index in [1.807, 2.05) is 11.8 Å². The van der Waals surface area contributed by atoms with Crippen molar-refractivity contribution < 1.29 is 8.98 Å². The summed E-state index contributed by atoms with van der Waals surface area (Å²) in [6.07, 6.45) is 9.45. The molecule has 3 heterocycles. The number of nitrogens with zero attached hydrogens (tertiary/aromatic N) is 1. The summed E-state index contributed by atoms with van der Waals surface area (Å²) in [5.74, 6) is 0.736. The second-order valence-corrected chi connectivity index (χ2v) is 9.13. The van der Waals surface area contributed by atoms with Crippen molar-refractivity contribution in [3.8, 4) is 11.3 Å². The van der Waals surface area contributed by atoms with Gasteiger partial charge in [0, 0.05) is 21.2 Å². The fraction of sp³-hybridized carbons (Fsp3) is 0.292. The first-order chi connectivity index (χ1) is 13.2. The number of aromatic nitrogens is 1. The van der Waals surface area contributed by atoms with Crippen LogP contribution in [0, 0.1) is 6.92 Å². The summed E-state index contributed by atoms with van der Waals surface area (Å²) in [6.45, 7) is 2.23. The highest BCUT2D eigenvalue weighted by atomic mass is 32.2. The maximum Gasteiger partial charge on any atom is 0.222 e. The highest BCUT2D eigenvalue weighted by Gasteiger charge is 2.30. The van der Waals surface area contributed by atoms with E-state index in [9.17, 15) is 0 Å². The fourth-order valence-electron chi connectivity index (χ4n) is 5.11. The van der Waals surface area contributed by atoms with Crippen LogP contribution >= 0.6 is 11.8 Å². The zero-order chi connectivity index (χ0) is 18.1. The van der Waals surface area contributed by atoms with E-state index in [1.165, 1.54) is 74.0 Å². The van der Waals surface area contributed by atoms with Crippen LogP contribution in [0.5, 0.6) is 0 Å². The maximum atomic E-state index is 5.74. The largest absolute Gasteiger partial charge is 0.464 e. The molecule has 0 bridgehead atoms. The Morgan fingerprint density at radius 2 is 1.93 bits per heavy atom. The van der Waals surface area contributed by atoms with Gasteiger partial charge in [-0.25, -0.2) is 4.57 Å². The zero-order valence-electron chi connectivity index (χ0n) is 15.7. The molecule has 1 aliphatic carbocycles. The van der Waals surface area contributed by atoms with Gasteiger partial charge in [-0.3, -0.25) is 0 Å². The van der Waals surface area contributed by atoms with E-state index < -0.39 is 0 Å². The molecule has 6 rings (SSSR count). The van der Waals surface area contributed by atoms with Gasteiger partial charge in [-0.1, -0.05) is 30.7 Å². The second kappa shape index (κ2) is 5.62. The van der Waals surface area contributed by atoms with E-state index in [1.54, 1.807) is 6.26 Å². The lowest BCUT2D eigenvalue weighted by Gasteiger charge is -2.22. The molecule has 0 N–H and O–H groups in total. The summed E-state index contributed by atoms with van der Waals surface area (Å²) in [4.78, 5) is 2.72. The fourth-order valence-corrected chi connectivity index (χ4v) is 6.38. The molecule has 2 aromatic carbocycles. The zero-order valence-corrected chi connectivity index (χ0v) is 16.5. The summed E-state index contributed by atoms with van der Waals surface area (Å²) in [7, 11) is 2.17. The van der Waals surface area contributed by atoms with Crippen LogP contribution in [0.15, 0.2) is 57.0 Å². The number of hydrogen-bond donors (Lipinski definition) is 0. The van der Waals surface area contributed by atoms with Crippen LogP contribution in [0.4, 0.5) is 0 Å². The number of fused-ring (bicyclic) bond motifs is 3. The van der Waals surface area contributed by atoms with E-state index in [0.717, 1.165) is 11.5 Å². The standard InChI is InChI=1S/C24H22NOS/c1-14-18-8-10-26-19(18)13-21-22(14)24-23-16(7-9-25(24)2)11-17(12-20(23)27-21)15-5-3-4-6-15/h7-13,15H,3-6H2,1-2H3/q+1. The minimum Gasteiger partial charge on any atom is -0.464 e. The predicted octanol–water partition coefficient (Wildman–Crippen LogP) is 6.51. The number of aryl methyl sites for hydroxylation is 2. The Labute approximate surface area is 163 Å². The Morgan fingerprint density at radius 3 is 2.78 bits per heavy atom. The van der Waals surface area contributed by atoms with Crippen LogP contribution in [-0.2, 0) is 7.05 Å². The molecule has 0 unspecified atom stereocenters. The minimum absolute atomic E-state index is 0.736. The molecule has 0 amide bonds. The van der Waals surface area contributed by atoms with Crippen LogP contribution < -0.4 is 4.57 Å². The number of hydrogen-bond acceptors (Lipinski definition) is 2. The molecule has 2 aliphatic rings. The lowest BCUT2D eigenvalue weighted by Crippen LogP contribution is -2.31. The molecule has 2 nitrogen and oxygen atoms in total.